The number of ether oxygens (including phenoxy) is 2. The van der Waals surface area contributed by atoms with E-state index in [0.717, 1.165) is 37.4 Å². The second-order valence-electron chi connectivity index (χ2n) is 9.97. The Kier molecular flexibility index (Phi) is 7.02. The molecule has 2 aliphatic rings. The number of rotatable bonds is 6. The van der Waals surface area contributed by atoms with Gasteiger partial charge in [-0.2, -0.15) is 0 Å². The van der Waals surface area contributed by atoms with Crippen molar-refractivity contribution in [1.29, 1.82) is 0 Å². The van der Waals surface area contributed by atoms with E-state index in [-0.39, 0.29) is 5.56 Å². The van der Waals surface area contributed by atoms with Crippen LogP contribution in [0.25, 0.3) is 22.2 Å². The van der Waals surface area contributed by atoms with Crippen molar-refractivity contribution in [2.75, 3.05) is 38.7 Å². The normalized spacial score (nSPS) is 20.3. The second-order valence-corrected chi connectivity index (χ2v) is 9.97. The molecule has 2 N–H and O–H groups in total. The lowest BCUT2D eigenvalue weighted by Gasteiger charge is -2.38. The lowest BCUT2D eigenvalue weighted by molar-refractivity contribution is 0.00730. The van der Waals surface area contributed by atoms with Crippen LogP contribution in [0.15, 0.2) is 59.8 Å². The number of aromatic amines is 1. The van der Waals surface area contributed by atoms with Crippen LogP contribution in [0.1, 0.15) is 37.2 Å². The molecule has 3 aromatic heterocycles. The number of fused-ring (bicyclic) bond motifs is 1. The number of pyridine rings is 2. The van der Waals surface area contributed by atoms with E-state index in [4.69, 9.17) is 14.5 Å². The van der Waals surface area contributed by atoms with E-state index in [2.05, 4.69) is 49.4 Å². The molecule has 1 aliphatic heterocycles. The number of aromatic nitrogens is 4. The fourth-order valence-corrected chi connectivity index (χ4v) is 5.70. The van der Waals surface area contributed by atoms with Gasteiger partial charge in [0, 0.05) is 31.0 Å². The third-order valence-corrected chi connectivity index (χ3v) is 7.74. The zero-order chi connectivity index (χ0) is 25.9. The van der Waals surface area contributed by atoms with Crippen molar-refractivity contribution in [1.82, 2.24) is 24.8 Å². The molecule has 1 saturated heterocycles. The highest BCUT2D eigenvalue weighted by Gasteiger charge is 2.27. The summed E-state index contributed by atoms with van der Waals surface area (Å²) in [7, 11) is 1.55. The first-order chi connectivity index (χ1) is 18.7. The van der Waals surface area contributed by atoms with E-state index in [1.54, 1.807) is 25.7 Å². The first kappa shape index (κ1) is 24.5. The Hall–Kier alpha value is -3.82. The van der Waals surface area contributed by atoms with Gasteiger partial charge in [0.05, 0.1) is 43.8 Å². The van der Waals surface area contributed by atoms with Crippen LogP contribution < -0.4 is 15.6 Å². The maximum atomic E-state index is 12.7. The van der Waals surface area contributed by atoms with Crippen LogP contribution >= 0.6 is 0 Å². The molecule has 196 valence electrons. The molecule has 0 unspecified atom stereocenters. The van der Waals surface area contributed by atoms with Crippen molar-refractivity contribution in [3.05, 3.63) is 70.9 Å². The first-order valence-electron chi connectivity index (χ1n) is 13.3. The molecule has 4 aromatic rings. The maximum Gasteiger partial charge on any atom is 0.259 e. The van der Waals surface area contributed by atoms with Crippen molar-refractivity contribution in [3.8, 4) is 17.3 Å². The molecule has 6 rings (SSSR count). The summed E-state index contributed by atoms with van der Waals surface area (Å²) in [6.45, 7) is 3.85. The molecule has 0 bridgehead atoms. The van der Waals surface area contributed by atoms with Crippen molar-refractivity contribution >= 4 is 22.3 Å². The van der Waals surface area contributed by atoms with Crippen LogP contribution in [0.5, 0.6) is 5.88 Å². The van der Waals surface area contributed by atoms with Gasteiger partial charge in [0.1, 0.15) is 11.5 Å². The van der Waals surface area contributed by atoms with Crippen molar-refractivity contribution in [2.45, 2.75) is 37.6 Å². The average Bonchev–Trinajstić information content (AvgIpc) is 2.98. The summed E-state index contributed by atoms with van der Waals surface area (Å²) in [5, 5.41) is 4.64. The van der Waals surface area contributed by atoms with Gasteiger partial charge in [-0.1, -0.05) is 12.1 Å². The first-order valence-corrected chi connectivity index (χ1v) is 13.3. The molecule has 38 heavy (non-hydrogen) atoms. The highest BCUT2D eigenvalue weighted by Crippen LogP contribution is 2.36. The van der Waals surface area contributed by atoms with Crippen molar-refractivity contribution < 1.29 is 9.47 Å². The number of hydrogen-bond acceptors (Lipinski definition) is 8. The lowest BCUT2D eigenvalue weighted by atomic mass is 9.81. The summed E-state index contributed by atoms with van der Waals surface area (Å²) in [5.41, 5.74) is 3.21. The molecule has 9 nitrogen and oxygen atoms in total. The average molecular weight is 513 g/mol. The summed E-state index contributed by atoms with van der Waals surface area (Å²) >= 11 is 0. The number of hydrogen-bond donors (Lipinski definition) is 2. The number of morpholine rings is 1. The van der Waals surface area contributed by atoms with Crippen LogP contribution in [0, 0.1) is 0 Å². The van der Waals surface area contributed by atoms with Gasteiger partial charge in [0.15, 0.2) is 0 Å². The van der Waals surface area contributed by atoms with Gasteiger partial charge < -0.3 is 19.8 Å². The van der Waals surface area contributed by atoms with Gasteiger partial charge in [0.25, 0.3) is 5.56 Å². The van der Waals surface area contributed by atoms with E-state index in [0.29, 0.717) is 40.4 Å². The van der Waals surface area contributed by atoms with Crippen LogP contribution in [0.3, 0.4) is 0 Å². The quantitative estimate of drug-likeness (QED) is 0.389. The number of nitrogens with zero attached hydrogens (tertiary/aromatic N) is 4. The molecule has 0 atom stereocenters. The molecule has 4 heterocycles. The number of anilines is 2. The second kappa shape index (κ2) is 10.9. The summed E-state index contributed by atoms with van der Waals surface area (Å²) in [5.74, 6) is 1.46. The van der Waals surface area contributed by atoms with Crippen LogP contribution in [-0.2, 0) is 4.74 Å². The minimum absolute atomic E-state index is 0.200. The van der Waals surface area contributed by atoms with Gasteiger partial charge in [-0.05, 0) is 66.8 Å². The van der Waals surface area contributed by atoms with Gasteiger partial charge in [-0.15, -0.1) is 0 Å². The number of methoxy groups -OCH3 is 1. The van der Waals surface area contributed by atoms with Gasteiger partial charge in [-0.3, -0.25) is 14.7 Å². The Bertz CT molecular complexity index is 1460. The van der Waals surface area contributed by atoms with Crippen LogP contribution in [0.4, 0.5) is 11.5 Å². The van der Waals surface area contributed by atoms with E-state index in [1.807, 2.05) is 12.1 Å². The Morgan fingerprint density at radius 2 is 1.79 bits per heavy atom. The van der Waals surface area contributed by atoms with Gasteiger partial charge >= 0.3 is 0 Å². The molecule has 1 aliphatic carbocycles. The molecular weight excluding hydrogens is 480 g/mol. The lowest BCUT2D eigenvalue weighted by Crippen LogP contribution is -2.44. The number of benzene rings is 1. The van der Waals surface area contributed by atoms with E-state index in [9.17, 15) is 4.79 Å². The molecular formula is C29H32N6O3. The van der Waals surface area contributed by atoms with E-state index >= 15 is 0 Å². The van der Waals surface area contributed by atoms with Crippen molar-refractivity contribution in [3.63, 3.8) is 0 Å². The molecule has 0 spiro atoms. The Balaban J connectivity index is 1.22. The molecule has 9 heteroatoms. The molecule has 0 radical (unpaired) electrons. The third-order valence-electron chi connectivity index (χ3n) is 7.74. The number of nitrogens with one attached hydrogen (secondary N) is 2. The highest BCUT2D eigenvalue weighted by molar-refractivity contribution is 5.94. The molecule has 2 fully saturated rings. The predicted molar refractivity (Wildman–Crippen MR) is 147 cm³/mol. The Morgan fingerprint density at radius 3 is 2.55 bits per heavy atom. The topological polar surface area (TPSA) is 105 Å². The molecule has 1 aromatic carbocycles. The van der Waals surface area contributed by atoms with Crippen molar-refractivity contribution in [2.24, 2.45) is 0 Å². The summed E-state index contributed by atoms with van der Waals surface area (Å²) in [6.07, 6.45) is 9.71. The fraction of sp³-hybridized carbons (Fsp3) is 0.379. The smallest absolute Gasteiger partial charge is 0.259 e. The molecule has 1 saturated carbocycles. The summed E-state index contributed by atoms with van der Waals surface area (Å²) in [4.78, 5) is 31.6. The minimum Gasteiger partial charge on any atom is -0.480 e. The van der Waals surface area contributed by atoms with E-state index < -0.39 is 0 Å². The number of H-pyrrole nitrogens is 1. The van der Waals surface area contributed by atoms with Gasteiger partial charge in [-0.25, -0.2) is 9.97 Å². The van der Waals surface area contributed by atoms with Crippen LogP contribution in [0.2, 0.25) is 0 Å². The Morgan fingerprint density at radius 1 is 1.00 bits per heavy atom. The molecule has 0 amide bonds. The summed E-state index contributed by atoms with van der Waals surface area (Å²) in [6, 6.07) is 12.9. The SMILES string of the molecule is COc1cncc(-c2cc3cc[nH]c(=O)c3c(Nc3ccc(C4CCC(N5CCOCC5)CC4)cc3)n2)n1. The predicted octanol–water partition coefficient (Wildman–Crippen LogP) is 4.49. The zero-order valence-corrected chi connectivity index (χ0v) is 21.5. The maximum absolute atomic E-state index is 12.7. The van der Waals surface area contributed by atoms with Gasteiger partial charge in [0.2, 0.25) is 5.88 Å². The zero-order valence-electron chi connectivity index (χ0n) is 21.5. The summed E-state index contributed by atoms with van der Waals surface area (Å²) < 4.78 is 10.7. The third kappa shape index (κ3) is 5.12. The fourth-order valence-electron chi connectivity index (χ4n) is 5.70. The monoisotopic (exact) mass is 512 g/mol. The highest BCUT2D eigenvalue weighted by atomic mass is 16.5. The van der Waals surface area contributed by atoms with E-state index in [1.165, 1.54) is 31.2 Å². The minimum atomic E-state index is -0.200. The largest absolute Gasteiger partial charge is 0.480 e. The Labute approximate surface area is 221 Å². The standard InChI is InChI=1S/C29H32N6O3/c1-37-26-18-30-17-25(33-26)24-16-21-10-11-31-29(36)27(21)28(34-24)32-22-6-2-19(3-7-22)20-4-8-23(9-5-20)35-12-14-38-15-13-35/h2-3,6-7,10-11,16-18,20,23H,4-5,8-9,12-15H2,1H3,(H,31,36)(H,32,34). The van der Waals surface area contributed by atoms with Crippen LogP contribution in [-0.4, -0.2) is 64.3 Å².